The van der Waals surface area contributed by atoms with Gasteiger partial charge in [-0.1, -0.05) is 41.8 Å². The molecule has 1 aliphatic rings. The van der Waals surface area contributed by atoms with Gasteiger partial charge in [-0.2, -0.15) is 5.10 Å². The minimum atomic E-state index is -0.434. The molecule has 1 unspecified atom stereocenters. The van der Waals surface area contributed by atoms with E-state index in [-0.39, 0.29) is 5.82 Å². The molecule has 144 valence electrons. The Morgan fingerprint density at radius 2 is 1.89 bits per heavy atom. The number of halogens is 3. The lowest BCUT2D eigenvalue weighted by atomic mass is 9.75. The van der Waals surface area contributed by atoms with E-state index >= 15 is 0 Å². The topological polar surface area (TPSA) is 34.9 Å². The fourth-order valence-electron chi connectivity index (χ4n) is 4.20. The van der Waals surface area contributed by atoms with Gasteiger partial charge >= 0.3 is 0 Å². The van der Waals surface area contributed by atoms with Crippen LogP contribution >= 0.6 is 23.2 Å². The molecule has 0 radical (unpaired) electrons. The third kappa shape index (κ3) is 3.15. The lowest BCUT2D eigenvalue weighted by molar-refractivity contribution is 0.111. The van der Waals surface area contributed by atoms with E-state index in [0.29, 0.717) is 21.4 Å². The van der Waals surface area contributed by atoms with E-state index in [9.17, 15) is 9.18 Å². The van der Waals surface area contributed by atoms with Gasteiger partial charge in [-0.25, -0.2) is 9.07 Å². The molecule has 0 N–H and O–H groups in total. The van der Waals surface area contributed by atoms with Gasteiger partial charge in [0.05, 0.1) is 16.4 Å². The number of carbonyl (C=O) groups is 1. The highest BCUT2D eigenvalue weighted by molar-refractivity contribution is 6.35. The van der Waals surface area contributed by atoms with E-state index in [0.717, 1.165) is 48.8 Å². The zero-order valence-corrected chi connectivity index (χ0v) is 16.9. The molecule has 0 fully saturated rings. The molecule has 1 aliphatic carbocycles. The molecule has 0 bridgehead atoms. The van der Waals surface area contributed by atoms with E-state index in [4.69, 9.17) is 23.2 Å². The molecule has 0 aliphatic heterocycles. The lowest BCUT2D eigenvalue weighted by Crippen LogP contribution is -2.27. The molecular weight excluding hydrogens is 398 g/mol. The minimum Gasteiger partial charge on any atom is -0.296 e. The van der Waals surface area contributed by atoms with Gasteiger partial charge in [-0.15, -0.1) is 0 Å². The summed E-state index contributed by atoms with van der Waals surface area (Å²) in [5.41, 5.74) is 3.52. The maximum atomic E-state index is 13.6. The molecule has 3 nitrogen and oxygen atoms in total. The Kier molecular flexibility index (Phi) is 5.02. The largest absolute Gasteiger partial charge is 0.296 e. The number of benzene rings is 2. The van der Waals surface area contributed by atoms with Crippen LogP contribution in [0, 0.1) is 5.82 Å². The zero-order valence-electron chi connectivity index (χ0n) is 15.4. The molecule has 0 saturated heterocycles. The third-order valence-electron chi connectivity index (χ3n) is 5.62. The van der Waals surface area contributed by atoms with Gasteiger partial charge < -0.3 is 0 Å². The molecule has 1 heterocycles. The number of rotatable bonds is 3. The number of aldehydes is 1. The van der Waals surface area contributed by atoms with E-state index in [1.807, 2.05) is 18.2 Å². The smallest absolute Gasteiger partial charge is 0.170 e. The summed E-state index contributed by atoms with van der Waals surface area (Å²) in [6.07, 6.45) is 4.39. The summed E-state index contributed by atoms with van der Waals surface area (Å²) in [4.78, 5) is 11.8. The number of carbonyl (C=O) groups excluding carboxylic acids is 1. The van der Waals surface area contributed by atoms with Gasteiger partial charge in [0.1, 0.15) is 11.5 Å². The Labute approximate surface area is 173 Å². The minimum absolute atomic E-state index is 0.274. The van der Waals surface area contributed by atoms with E-state index in [1.54, 1.807) is 16.8 Å². The highest BCUT2D eigenvalue weighted by Gasteiger charge is 2.38. The van der Waals surface area contributed by atoms with Crippen molar-refractivity contribution in [2.45, 2.75) is 38.0 Å². The Morgan fingerprint density at radius 3 is 2.57 bits per heavy atom. The molecule has 0 amide bonds. The fraction of sp³-hybridized carbons (Fsp3) is 0.273. The molecule has 6 heteroatoms. The van der Waals surface area contributed by atoms with Crippen molar-refractivity contribution in [2.75, 3.05) is 0 Å². The number of hydrogen-bond donors (Lipinski definition) is 0. The van der Waals surface area contributed by atoms with Crippen LogP contribution in [0.5, 0.6) is 0 Å². The summed E-state index contributed by atoms with van der Waals surface area (Å²) in [7, 11) is 0. The van der Waals surface area contributed by atoms with Crippen LogP contribution in [0.3, 0.4) is 0 Å². The average Bonchev–Trinajstić information content (AvgIpc) is 2.95. The normalized spacial score (nSPS) is 19.1. The van der Waals surface area contributed by atoms with Crippen LogP contribution in [-0.2, 0) is 11.8 Å². The van der Waals surface area contributed by atoms with Crippen LogP contribution in [0.4, 0.5) is 4.39 Å². The van der Waals surface area contributed by atoms with E-state index in [1.165, 1.54) is 12.1 Å². The van der Waals surface area contributed by atoms with E-state index in [2.05, 4.69) is 12.0 Å². The van der Waals surface area contributed by atoms with Gasteiger partial charge in [0.15, 0.2) is 6.29 Å². The maximum absolute atomic E-state index is 13.6. The van der Waals surface area contributed by atoms with Gasteiger partial charge in [0, 0.05) is 16.0 Å². The van der Waals surface area contributed by atoms with Crippen molar-refractivity contribution in [3.05, 3.63) is 80.8 Å². The molecule has 3 aromatic rings. The van der Waals surface area contributed by atoms with Crippen molar-refractivity contribution in [1.29, 1.82) is 0 Å². The first kappa shape index (κ1) is 19.2. The second kappa shape index (κ2) is 7.34. The summed E-state index contributed by atoms with van der Waals surface area (Å²) in [5.74, 6) is -0.274. The van der Waals surface area contributed by atoms with Crippen molar-refractivity contribution < 1.29 is 9.18 Å². The standard InChI is InChI=1S/C22H19Cl2FN2O/c1-22(14-5-8-16(25)9-6-14)11-3-2-4-17-19(13-28)26-27(21(17)22)20-10-7-15(23)12-18(20)24/h5-10,12-13H,2-4,11H2,1H3. The monoisotopic (exact) mass is 416 g/mol. The molecule has 2 aromatic carbocycles. The summed E-state index contributed by atoms with van der Waals surface area (Å²) >= 11 is 12.5. The summed E-state index contributed by atoms with van der Waals surface area (Å²) in [6, 6.07) is 11.8. The van der Waals surface area contributed by atoms with Gasteiger partial charge in [0.25, 0.3) is 0 Å². The lowest BCUT2D eigenvalue weighted by Gasteiger charge is -2.31. The van der Waals surface area contributed by atoms with Crippen molar-refractivity contribution in [2.24, 2.45) is 0 Å². The SMILES string of the molecule is CC1(c2ccc(F)cc2)CCCCc2c(C=O)nn(-c3ccc(Cl)cc3Cl)c21. The van der Waals surface area contributed by atoms with Crippen LogP contribution < -0.4 is 0 Å². The fourth-order valence-corrected chi connectivity index (χ4v) is 4.69. The van der Waals surface area contributed by atoms with E-state index < -0.39 is 5.41 Å². The van der Waals surface area contributed by atoms with Gasteiger partial charge in [0.2, 0.25) is 0 Å². The average molecular weight is 417 g/mol. The summed E-state index contributed by atoms with van der Waals surface area (Å²) in [5, 5.41) is 5.59. The van der Waals surface area contributed by atoms with Crippen molar-refractivity contribution >= 4 is 29.5 Å². The number of nitrogens with zero attached hydrogens (tertiary/aromatic N) is 2. The highest BCUT2D eigenvalue weighted by atomic mass is 35.5. The van der Waals surface area contributed by atoms with Crippen molar-refractivity contribution in [3.8, 4) is 5.69 Å². The third-order valence-corrected chi connectivity index (χ3v) is 6.16. The van der Waals surface area contributed by atoms with Crippen LogP contribution in [0.2, 0.25) is 10.0 Å². The molecule has 0 saturated carbocycles. The van der Waals surface area contributed by atoms with Crippen LogP contribution in [0.1, 0.15) is 53.5 Å². The number of aromatic nitrogens is 2. The first-order valence-electron chi connectivity index (χ1n) is 9.23. The molecule has 1 aromatic heterocycles. The highest BCUT2D eigenvalue weighted by Crippen LogP contribution is 2.44. The van der Waals surface area contributed by atoms with Crippen LogP contribution in [-0.4, -0.2) is 16.1 Å². The van der Waals surface area contributed by atoms with Gasteiger partial charge in [-0.3, -0.25) is 4.79 Å². The summed E-state index contributed by atoms with van der Waals surface area (Å²) < 4.78 is 15.3. The molecular formula is C22H19Cl2FN2O. The number of hydrogen-bond acceptors (Lipinski definition) is 2. The zero-order chi connectivity index (χ0) is 19.9. The number of fused-ring (bicyclic) bond motifs is 1. The Morgan fingerprint density at radius 1 is 1.14 bits per heavy atom. The molecule has 0 spiro atoms. The van der Waals surface area contributed by atoms with Gasteiger partial charge in [-0.05, 0) is 62.1 Å². The Balaban J connectivity index is 2.02. The molecule has 28 heavy (non-hydrogen) atoms. The first-order valence-corrected chi connectivity index (χ1v) is 9.98. The van der Waals surface area contributed by atoms with Crippen molar-refractivity contribution in [1.82, 2.24) is 9.78 Å². The summed E-state index contributed by atoms with van der Waals surface area (Å²) in [6.45, 7) is 2.13. The molecule has 4 rings (SSSR count). The molecule has 1 atom stereocenters. The second-order valence-electron chi connectivity index (χ2n) is 7.38. The Hall–Kier alpha value is -2.17. The van der Waals surface area contributed by atoms with Crippen LogP contribution in [0.15, 0.2) is 42.5 Å². The predicted molar refractivity (Wildman–Crippen MR) is 109 cm³/mol. The maximum Gasteiger partial charge on any atom is 0.170 e. The Bertz CT molecular complexity index is 1050. The van der Waals surface area contributed by atoms with Crippen molar-refractivity contribution in [3.63, 3.8) is 0 Å². The quantitative estimate of drug-likeness (QED) is 0.378. The first-order chi connectivity index (χ1) is 13.4. The predicted octanol–water partition coefficient (Wildman–Crippen LogP) is 6.16. The second-order valence-corrected chi connectivity index (χ2v) is 8.23. The van der Waals surface area contributed by atoms with Crippen LogP contribution in [0.25, 0.3) is 5.69 Å².